The second-order valence-electron chi connectivity index (χ2n) is 8.60. The Kier molecular flexibility index (Phi) is 7.43. The van der Waals surface area contributed by atoms with Gasteiger partial charge in [-0.1, -0.05) is 19.9 Å². The van der Waals surface area contributed by atoms with E-state index in [9.17, 15) is 14.7 Å². The molecule has 6 nitrogen and oxygen atoms in total. The van der Waals surface area contributed by atoms with E-state index in [2.05, 4.69) is 5.32 Å². The van der Waals surface area contributed by atoms with Crippen LogP contribution in [0.2, 0.25) is 0 Å². The Labute approximate surface area is 162 Å². The number of ether oxygens (including phenoxy) is 2. The van der Waals surface area contributed by atoms with E-state index in [0.717, 1.165) is 16.7 Å². The molecule has 0 aromatic heterocycles. The summed E-state index contributed by atoms with van der Waals surface area (Å²) in [5, 5.41) is 11.9. The van der Waals surface area contributed by atoms with E-state index in [1.807, 2.05) is 33.8 Å². The number of aliphatic hydroxyl groups excluding tert-OH is 1. The van der Waals surface area contributed by atoms with E-state index in [1.54, 1.807) is 33.8 Å². The molecule has 1 aromatic rings. The lowest BCUT2D eigenvalue weighted by atomic mass is 9.78. The van der Waals surface area contributed by atoms with Crippen LogP contribution in [-0.4, -0.2) is 35.4 Å². The number of rotatable bonds is 6. The summed E-state index contributed by atoms with van der Waals surface area (Å²) >= 11 is 0. The molecule has 1 amide bonds. The fourth-order valence-electron chi connectivity index (χ4n) is 3.02. The maximum Gasteiger partial charge on any atom is 0.408 e. The van der Waals surface area contributed by atoms with Gasteiger partial charge in [-0.25, -0.2) is 9.59 Å². The first-order chi connectivity index (χ1) is 12.3. The van der Waals surface area contributed by atoms with Gasteiger partial charge < -0.3 is 19.9 Å². The van der Waals surface area contributed by atoms with Crippen LogP contribution in [0.4, 0.5) is 4.79 Å². The van der Waals surface area contributed by atoms with Crippen molar-refractivity contribution in [1.82, 2.24) is 5.32 Å². The summed E-state index contributed by atoms with van der Waals surface area (Å²) in [6, 6.07) is 2.96. The van der Waals surface area contributed by atoms with Crippen LogP contribution in [0.5, 0.6) is 5.75 Å². The fraction of sp³-hybridized carbons (Fsp3) is 0.619. The molecule has 0 bridgehead atoms. The highest BCUT2D eigenvalue weighted by Crippen LogP contribution is 2.37. The molecule has 6 heteroatoms. The van der Waals surface area contributed by atoms with E-state index < -0.39 is 23.7 Å². The average Bonchev–Trinajstić information content (AvgIpc) is 2.43. The number of esters is 1. The lowest BCUT2D eigenvalue weighted by molar-refractivity contribution is -0.136. The number of hydrogen-bond donors (Lipinski definition) is 2. The summed E-state index contributed by atoms with van der Waals surface area (Å²) in [5.41, 5.74) is 1.81. The molecule has 1 atom stereocenters. The standard InChI is InChI=1S/C21H33NO5/c1-13-11-14(2)17(21(7,8)9-10-23)16(12-13)26-18(24)15(3)22-19(25)27-20(4,5)6/h11-12,15,23H,9-10H2,1-8H3,(H,22,25). The second kappa shape index (κ2) is 8.74. The van der Waals surface area contributed by atoms with Gasteiger partial charge in [-0.3, -0.25) is 0 Å². The summed E-state index contributed by atoms with van der Waals surface area (Å²) in [6.07, 6.45) is -0.138. The number of aliphatic hydroxyl groups is 1. The van der Waals surface area contributed by atoms with Crippen LogP contribution < -0.4 is 10.1 Å². The molecule has 1 aromatic carbocycles. The van der Waals surface area contributed by atoms with E-state index in [0.29, 0.717) is 12.2 Å². The summed E-state index contributed by atoms with van der Waals surface area (Å²) in [5.74, 6) is -0.124. The third-order valence-corrected chi connectivity index (χ3v) is 4.15. The molecule has 0 fully saturated rings. The van der Waals surface area contributed by atoms with Crippen LogP contribution in [0.25, 0.3) is 0 Å². The minimum absolute atomic E-state index is 0.0320. The van der Waals surface area contributed by atoms with Crippen LogP contribution >= 0.6 is 0 Å². The van der Waals surface area contributed by atoms with Crippen LogP contribution in [0, 0.1) is 13.8 Å². The second-order valence-corrected chi connectivity index (χ2v) is 8.60. The Morgan fingerprint density at radius 3 is 2.26 bits per heavy atom. The van der Waals surface area contributed by atoms with Crippen molar-refractivity contribution in [2.45, 2.75) is 78.9 Å². The van der Waals surface area contributed by atoms with Gasteiger partial charge in [0.15, 0.2) is 0 Å². The number of nitrogens with one attached hydrogen (secondary N) is 1. The third-order valence-electron chi connectivity index (χ3n) is 4.15. The third kappa shape index (κ3) is 6.86. The van der Waals surface area contributed by atoms with Crippen molar-refractivity contribution in [3.8, 4) is 5.75 Å². The smallest absolute Gasteiger partial charge is 0.408 e. The van der Waals surface area contributed by atoms with Crippen molar-refractivity contribution in [1.29, 1.82) is 0 Å². The number of carbonyl (C=O) groups excluding carboxylic acids is 2. The number of hydrogen-bond acceptors (Lipinski definition) is 5. The molecule has 0 spiro atoms. The number of aryl methyl sites for hydroxylation is 2. The Morgan fingerprint density at radius 1 is 1.15 bits per heavy atom. The van der Waals surface area contributed by atoms with Crippen molar-refractivity contribution in [3.05, 3.63) is 28.8 Å². The molecule has 0 saturated heterocycles. The molecule has 0 heterocycles. The molecule has 1 rings (SSSR count). The van der Waals surface area contributed by atoms with E-state index in [1.165, 1.54) is 0 Å². The quantitative estimate of drug-likeness (QED) is 0.580. The van der Waals surface area contributed by atoms with Gasteiger partial charge in [0.1, 0.15) is 17.4 Å². The minimum Gasteiger partial charge on any atom is -0.444 e. The maximum atomic E-state index is 12.5. The predicted octanol–water partition coefficient (Wildman–Crippen LogP) is 3.78. The van der Waals surface area contributed by atoms with Crippen molar-refractivity contribution in [2.75, 3.05) is 6.61 Å². The van der Waals surface area contributed by atoms with Crippen molar-refractivity contribution in [3.63, 3.8) is 0 Å². The van der Waals surface area contributed by atoms with Gasteiger partial charge in [0, 0.05) is 12.2 Å². The summed E-state index contributed by atoms with van der Waals surface area (Å²) in [6.45, 7) is 14.7. The summed E-state index contributed by atoms with van der Waals surface area (Å²) in [4.78, 5) is 24.4. The molecule has 0 saturated carbocycles. The molecule has 0 aliphatic carbocycles. The Bertz CT molecular complexity index is 689. The van der Waals surface area contributed by atoms with Gasteiger partial charge in [-0.05, 0) is 70.6 Å². The normalized spacial score (nSPS) is 13.1. The Hall–Kier alpha value is -2.08. The van der Waals surface area contributed by atoms with Gasteiger partial charge in [0.05, 0.1) is 0 Å². The van der Waals surface area contributed by atoms with E-state index in [4.69, 9.17) is 9.47 Å². The number of alkyl carbamates (subject to hydrolysis) is 1. The number of carbonyl (C=O) groups is 2. The summed E-state index contributed by atoms with van der Waals surface area (Å²) < 4.78 is 10.8. The molecular formula is C21H33NO5. The van der Waals surface area contributed by atoms with Crippen molar-refractivity contribution < 1.29 is 24.2 Å². The van der Waals surface area contributed by atoms with Crippen molar-refractivity contribution in [2.24, 2.45) is 0 Å². The monoisotopic (exact) mass is 379 g/mol. The molecule has 0 aliphatic heterocycles. The van der Waals surface area contributed by atoms with Gasteiger partial charge in [-0.15, -0.1) is 0 Å². The van der Waals surface area contributed by atoms with Crippen LogP contribution in [0.3, 0.4) is 0 Å². The highest BCUT2D eigenvalue weighted by Gasteiger charge is 2.29. The highest BCUT2D eigenvalue weighted by molar-refractivity contribution is 5.83. The lowest BCUT2D eigenvalue weighted by Crippen LogP contribution is -2.43. The first kappa shape index (κ1) is 23.0. The van der Waals surface area contributed by atoms with Crippen molar-refractivity contribution >= 4 is 12.1 Å². The fourth-order valence-corrected chi connectivity index (χ4v) is 3.02. The molecule has 0 aliphatic rings. The SMILES string of the molecule is Cc1cc(C)c(C(C)(C)CCO)c(OC(=O)C(C)NC(=O)OC(C)(C)C)c1. The van der Waals surface area contributed by atoms with Gasteiger partial charge in [0.2, 0.25) is 0 Å². The first-order valence-electron chi connectivity index (χ1n) is 9.20. The Morgan fingerprint density at radius 2 is 1.74 bits per heavy atom. The van der Waals surface area contributed by atoms with E-state index in [-0.39, 0.29) is 12.0 Å². The largest absolute Gasteiger partial charge is 0.444 e. The molecule has 27 heavy (non-hydrogen) atoms. The highest BCUT2D eigenvalue weighted by atomic mass is 16.6. The van der Waals surface area contributed by atoms with Gasteiger partial charge in [0.25, 0.3) is 0 Å². The summed E-state index contributed by atoms with van der Waals surface area (Å²) in [7, 11) is 0. The Balaban J connectivity index is 3.03. The lowest BCUT2D eigenvalue weighted by Gasteiger charge is -2.29. The van der Waals surface area contributed by atoms with Crippen LogP contribution in [0.1, 0.15) is 64.7 Å². The zero-order valence-electron chi connectivity index (χ0n) is 17.7. The topological polar surface area (TPSA) is 84.9 Å². The van der Waals surface area contributed by atoms with Gasteiger partial charge >= 0.3 is 12.1 Å². The zero-order chi connectivity index (χ0) is 21.0. The van der Waals surface area contributed by atoms with Crippen LogP contribution in [-0.2, 0) is 14.9 Å². The van der Waals surface area contributed by atoms with E-state index >= 15 is 0 Å². The molecule has 152 valence electrons. The number of benzene rings is 1. The molecule has 2 N–H and O–H groups in total. The van der Waals surface area contributed by atoms with Crippen LogP contribution in [0.15, 0.2) is 12.1 Å². The predicted molar refractivity (Wildman–Crippen MR) is 105 cm³/mol. The molecule has 0 radical (unpaired) electrons. The maximum absolute atomic E-state index is 12.5. The minimum atomic E-state index is -0.866. The van der Waals surface area contributed by atoms with Gasteiger partial charge in [-0.2, -0.15) is 0 Å². The number of amides is 1. The zero-order valence-corrected chi connectivity index (χ0v) is 17.7. The molecule has 1 unspecified atom stereocenters. The molecular weight excluding hydrogens is 346 g/mol. The average molecular weight is 379 g/mol. The first-order valence-corrected chi connectivity index (χ1v) is 9.20.